The zero-order valence-electron chi connectivity index (χ0n) is 11.7. The zero-order chi connectivity index (χ0) is 14.5. The van der Waals surface area contributed by atoms with Crippen LogP contribution in [0.1, 0.15) is 13.3 Å². The van der Waals surface area contributed by atoms with Crippen LogP contribution in [0.25, 0.3) is 0 Å². The minimum absolute atomic E-state index is 0. The fraction of sp³-hybridized carbons (Fsp3) is 0.500. The Hall–Kier alpha value is -1.40. The molecule has 0 aliphatic carbocycles. The average molecular weight is 321 g/mol. The van der Waals surface area contributed by atoms with E-state index in [-0.39, 0.29) is 42.6 Å². The minimum Gasteiger partial charge on any atom is -0.488 e. The molecular weight excluding hydrogens is 302 g/mol. The third-order valence-corrected chi connectivity index (χ3v) is 3.20. The van der Waals surface area contributed by atoms with Gasteiger partial charge in [-0.05, 0) is 32.0 Å². The predicted molar refractivity (Wildman–Crippen MR) is 77.7 cm³/mol. The molecule has 1 aromatic rings. The Balaban J connectivity index is 0.00000220. The standard InChI is InChI=1S/C14H18F2N2O2.ClH/c1-9(18-14(19)10-4-5-17-7-10)8-20-13-3-2-11(15)6-12(13)16;/h2-3,6,9-10,17H,4-5,7-8H2,1H3,(H,18,19);1H. The van der Waals surface area contributed by atoms with E-state index in [1.165, 1.54) is 6.07 Å². The molecule has 0 saturated carbocycles. The molecule has 118 valence electrons. The second-order valence-corrected chi connectivity index (χ2v) is 4.99. The second-order valence-electron chi connectivity index (χ2n) is 4.99. The number of halogens is 3. The van der Waals surface area contributed by atoms with Crippen LogP contribution in [-0.2, 0) is 4.79 Å². The van der Waals surface area contributed by atoms with Crippen molar-refractivity contribution in [2.75, 3.05) is 19.7 Å². The summed E-state index contributed by atoms with van der Waals surface area (Å²) in [5.41, 5.74) is 0. The highest BCUT2D eigenvalue weighted by Gasteiger charge is 2.23. The molecule has 1 aromatic carbocycles. The number of ether oxygens (including phenoxy) is 1. The van der Waals surface area contributed by atoms with Gasteiger partial charge in [-0.1, -0.05) is 0 Å². The van der Waals surface area contributed by atoms with E-state index in [0.717, 1.165) is 25.1 Å². The number of carbonyl (C=O) groups is 1. The third kappa shape index (κ3) is 5.13. The van der Waals surface area contributed by atoms with Crippen LogP contribution in [0.2, 0.25) is 0 Å². The molecule has 1 saturated heterocycles. The first kappa shape index (κ1) is 17.7. The molecule has 2 N–H and O–H groups in total. The minimum atomic E-state index is -0.747. The van der Waals surface area contributed by atoms with Gasteiger partial charge in [0.15, 0.2) is 11.6 Å². The van der Waals surface area contributed by atoms with Crippen LogP contribution in [0, 0.1) is 17.6 Å². The maximum atomic E-state index is 13.3. The van der Waals surface area contributed by atoms with Crippen LogP contribution >= 0.6 is 12.4 Å². The molecule has 0 spiro atoms. The van der Waals surface area contributed by atoms with E-state index >= 15 is 0 Å². The molecule has 2 rings (SSSR count). The fourth-order valence-electron chi connectivity index (χ4n) is 2.09. The van der Waals surface area contributed by atoms with Crippen molar-refractivity contribution in [2.45, 2.75) is 19.4 Å². The van der Waals surface area contributed by atoms with Crippen molar-refractivity contribution in [1.82, 2.24) is 10.6 Å². The number of amides is 1. The first-order valence-electron chi connectivity index (χ1n) is 6.65. The smallest absolute Gasteiger partial charge is 0.224 e. The van der Waals surface area contributed by atoms with E-state index < -0.39 is 11.6 Å². The average Bonchev–Trinajstić information content (AvgIpc) is 2.91. The number of benzene rings is 1. The summed E-state index contributed by atoms with van der Waals surface area (Å²) >= 11 is 0. The lowest BCUT2D eigenvalue weighted by molar-refractivity contribution is -0.125. The van der Waals surface area contributed by atoms with E-state index in [1.807, 2.05) is 0 Å². The molecule has 2 atom stereocenters. The van der Waals surface area contributed by atoms with Gasteiger partial charge in [-0.3, -0.25) is 4.79 Å². The number of nitrogens with one attached hydrogen (secondary N) is 2. The number of rotatable bonds is 5. The zero-order valence-corrected chi connectivity index (χ0v) is 12.5. The van der Waals surface area contributed by atoms with Gasteiger partial charge < -0.3 is 15.4 Å². The van der Waals surface area contributed by atoms with E-state index in [0.29, 0.717) is 6.54 Å². The molecule has 1 aliphatic heterocycles. The monoisotopic (exact) mass is 320 g/mol. The van der Waals surface area contributed by atoms with Crippen molar-refractivity contribution in [1.29, 1.82) is 0 Å². The van der Waals surface area contributed by atoms with Gasteiger partial charge in [-0.25, -0.2) is 8.78 Å². The molecule has 1 aliphatic rings. The van der Waals surface area contributed by atoms with Gasteiger partial charge in [0.25, 0.3) is 0 Å². The molecule has 21 heavy (non-hydrogen) atoms. The highest BCUT2D eigenvalue weighted by molar-refractivity contribution is 5.85. The van der Waals surface area contributed by atoms with Gasteiger partial charge in [0.2, 0.25) is 5.91 Å². The van der Waals surface area contributed by atoms with E-state index in [2.05, 4.69) is 10.6 Å². The van der Waals surface area contributed by atoms with Gasteiger partial charge in [0.05, 0.1) is 12.0 Å². The quantitative estimate of drug-likeness (QED) is 0.871. The summed E-state index contributed by atoms with van der Waals surface area (Å²) in [4.78, 5) is 11.8. The molecule has 0 aromatic heterocycles. The maximum Gasteiger partial charge on any atom is 0.224 e. The van der Waals surface area contributed by atoms with Crippen LogP contribution in [0.4, 0.5) is 8.78 Å². The van der Waals surface area contributed by atoms with Crippen LogP contribution in [-0.4, -0.2) is 31.6 Å². The summed E-state index contributed by atoms with van der Waals surface area (Å²) < 4.78 is 31.3. The molecule has 4 nitrogen and oxygen atoms in total. The predicted octanol–water partition coefficient (Wildman–Crippen LogP) is 1.88. The van der Waals surface area contributed by atoms with E-state index in [9.17, 15) is 13.6 Å². The molecule has 1 amide bonds. The first-order valence-corrected chi connectivity index (χ1v) is 6.65. The van der Waals surface area contributed by atoms with Gasteiger partial charge in [-0.2, -0.15) is 0 Å². The highest BCUT2D eigenvalue weighted by atomic mass is 35.5. The van der Waals surface area contributed by atoms with Gasteiger partial charge in [0.1, 0.15) is 12.4 Å². The lowest BCUT2D eigenvalue weighted by Crippen LogP contribution is -2.41. The van der Waals surface area contributed by atoms with Crippen molar-refractivity contribution >= 4 is 18.3 Å². The van der Waals surface area contributed by atoms with E-state index in [4.69, 9.17) is 4.74 Å². The van der Waals surface area contributed by atoms with Crippen LogP contribution in [0.15, 0.2) is 18.2 Å². The highest BCUT2D eigenvalue weighted by Crippen LogP contribution is 2.17. The van der Waals surface area contributed by atoms with Crippen LogP contribution in [0.3, 0.4) is 0 Å². The fourth-order valence-corrected chi connectivity index (χ4v) is 2.09. The lowest BCUT2D eigenvalue weighted by Gasteiger charge is -2.17. The number of hydrogen-bond acceptors (Lipinski definition) is 3. The Bertz CT molecular complexity index is 482. The van der Waals surface area contributed by atoms with Crippen molar-refractivity contribution in [3.05, 3.63) is 29.8 Å². The van der Waals surface area contributed by atoms with Crippen molar-refractivity contribution in [3.8, 4) is 5.75 Å². The number of hydrogen-bond donors (Lipinski definition) is 2. The topological polar surface area (TPSA) is 50.4 Å². The van der Waals surface area contributed by atoms with Gasteiger partial charge in [-0.15, -0.1) is 12.4 Å². The summed E-state index contributed by atoms with van der Waals surface area (Å²) in [5.74, 6) is -1.45. The maximum absolute atomic E-state index is 13.3. The SMILES string of the molecule is CC(COc1ccc(F)cc1F)NC(=O)C1CCNC1.Cl. The largest absolute Gasteiger partial charge is 0.488 e. The summed E-state index contributed by atoms with van der Waals surface area (Å²) in [7, 11) is 0. The Labute approximate surface area is 128 Å². The summed E-state index contributed by atoms with van der Waals surface area (Å²) in [6.07, 6.45) is 0.825. The summed E-state index contributed by atoms with van der Waals surface area (Å²) in [6, 6.07) is 2.89. The van der Waals surface area contributed by atoms with E-state index in [1.54, 1.807) is 6.92 Å². The summed E-state index contributed by atoms with van der Waals surface area (Å²) in [5, 5.41) is 5.94. The van der Waals surface area contributed by atoms with Gasteiger partial charge >= 0.3 is 0 Å². The molecule has 1 heterocycles. The molecule has 7 heteroatoms. The molecule has 2 unspecified atom stereocenters. The van der Waals surface area contributed by atoms with Crippen molar-refractivity contribution in [3.63, 3.8) is 0 Å². The number of carbonyl (C=O) groups excluding carboxylic acids is 1. The normalized spacial score (nSPS) is 18.7. The molecule has 0 radical (unpaired) electrons. The molecular formula is C14H19ClF2N2O2. The Morgan fingerprint density at radius 2 is 2.29 bits per heavy atom. The molecule has 0 bridgehead atoms. The molecule has 1 fully saturated rings. The Kier molecular flexibility index (Phi) is 6.84. The third-order valence-electron chi connectivity index (χ3n) is 3.20. The second kappa shape index (κ2) is 8.14. The Morgan fingerprint density at radius 1 is 1.52 bits per heavy atom. The summed E-state index contributed by atoms with van der Waals surface area (Å²) in [6.45, 7) is 3.45. The Morgan fingerprint density at radius 3 is 2.90 bits per heavy atom. The van der Waals surface area contributed by atoms with Crippen LogP contribution < -0.4 is 15.4 Å². The van der Waals surface area contributed by atoms with Crippen molar-refractivity contribution in [2.24, 2.45) is 5.92 Å². The van der Waals surface area contributed by atoms with Crippen molar-refractivity contribution < 1.29 is 18.3 Å². The van der Waals surface area contributed by atoms with Crippen LogP contribution in [0.5, 0.6) is 5.75 Å². The lowest BCUT2D eigenvalue weighted by atomic mass is 10.1. The van der Waals surface area contributed by atoms with Gasteiger partial charge in [0, 0.05) is 12.6 Å². The first-order chi connectivity index (χ1) is 9.56.